The van der Waals surface area contributed by atoms with E-state index in [2.05, 4.69) is 5.32 Å². The summed E-state index contributed by atoms with van der Waals surface area (Å²) in [6.07, 6.45) is 2.78. The molecular formula is C20H25N3O5. The molecule has 0 saturated carbocycles. The average Bonchev–Trinajstić information content (AvgIpc) is 2.69. The number of likely N-dealkylation sites (tertiary alicyclic amines) is 2. The fourth-order valence-corrected chi connectivity index (χ4v) is 3.74. The van der Waals surface area contributed by atoms with Crippen LogP contribution in [0.2, 0.25) is 0 Å². The monoisotopic (exact) mass is 387 g/mol. The topological polar surface area (TPSA) is 107 Å². The number of benzene rings is 1. The number of carbonyl (C=O) groups excluding carboxylic acids is 3. The third-order valence-electron chi connectivity index (χ3n) is 5.46. The van der Waals surface area contributed by atoms with Gasteiger partial charge in [0, 0.05) is 43.7 Å². The summed E-state index contributed by atoms with van der Waals surface area (Å²) in [6.45, 7) is 0.949. The molecule has 0 spiro atoms. The zero-order valence-corrected chi connectivity index (χ0v) is 15.9. The number of amides is 3. The standard InChI is InChI=1S/C20H25N3O5/c1-22-10-8-13(12-17(22)24)18(25)21-15-6-4-5-14(11-15)19(26)23-9-3-2-7-16(23)20(27)28/h4-6,11,13,16H,2-3,7-10,12H2,1H3,(H,21,25)(H,27,28). The molecule has 1 aromatic carbocycles. The molecular weight excluding hydrogens is 362 g/mol. The molecule has 2 saturated heterocycles. The lowest BCUT2D eigenvalue weighted by atomic mass is 9.95. The second-order valence-corrected chi connectivity index (χ2v) is 7.42. The third-order valence-corrected chi connectivity index (χ3v) is 5.46. The molecule has 150 valence electrons. The first-order chi connectivity index (χ1) is 13.4. The van der Waals surface area contributed by atoms with Gasteiger partial charge in [-0.2, -0.15) is 0 Å². The number of hydrogen-bond acceptors (Lipinski definition) is 4. The van der Waals surface area contributed by atoms with Crippen LogP contribution in [0.1, 0.15) is 42.5 Å². The third kappa shape index (κ3) is 4.32. The highest BCUT2D eigenvalue weighted by atomic mass is 16.4. The molecule has 3 rings (SSSR count). The van der Waals surface area contributed by atoms with E-state index in [1.807, 2.05) is 0 Å². The normalized spacial score (nSPS) is 22.7. The Morgan fingerprint density at radius 2 is 1.93 bits per heavy atom. The summed E-state index contributed by atoms with van der Waals surface area (Å²) in [7, 11) is 1.72. The Balaban J connectivity index is 1.69. The van der Waals surface area contributed by atoms with Crippen molar-refractivity contribution in [3.8, 4) is 0 Å². The molecule has 8 nitrogen and oxygen atoms in total. The zero-order chi connectivity index (χ0) is 20.3. The molecule has 2 N–H and O–H groups in total. The van der Waals surface area contributed by atoms with Gasteiger partial charge in [-0.15, -0.1) is 0 Å². The number of piperidine rings is 2. The lowest BCUT2D eigenvalue weighted by Crippen LogP contribution is -2.48. The van der Waals surface area contributed by atoms with Crippen LogP contribution in [0.4, 0.5) is 5.69 Å². The first-order valence-electron chi connectivity index (χ1n) is 9.55. The van der Waals surface area contributed by atoms with Gasteiger partial charge in [-0.1, -0.05) is 6.07 Å². The predicted molar refractivity (Wildman–Crippen MR) is 102 cm³/mol. The smallest absolute Gasteiger partial charge is 0.326 e. The fourth-order valence-electron chi connectivity index (χ4n) is 3.74. The van der Waals surface area contributed by atoms with Crippen molar-refractivity contribution in [2.75, 3.05) is 25.5 Å². The molecule has 28 heavy (non-hydrogen) atoms. The van der Waals surface area contributed by atoms with Gasteiger partial charge < -0.3 is 20.2 Å². The summed E-state index contributed by atoms with van der Waals surface area (Å²) in [5.41, 5.74) is 0.802. The average molecular weight is 387 g/mol. The largest absolute Gasteiger partial charge is 0.480 e. The lowest BCUT2D eigenvalue weighted by molar-refractivity contribution is -0.143. The molecule has 3 amide bonds. The van der Waals surface area contributed by atoms with E-state index in [9.17, 15) is 24.3 Å². The van der Waals surface area contributed by atoms with Gasteiger partial charge in [-0.25, -0.2) is 4.79 Å². The lowest BCUT2D eigenvalue weighted by Gasteiger charge is -2.33. The highest BCUT2D eigenvalue weighted by Crippen LogP contribution is 2.23. The molecule has 0 bridgehead atoms. The van der Waals surface area contributed by atoms with Crippen LogP contribution in [0.15, 0.2) is 24.3 Å². The minimum atomic E-state index is -0.996. The molecule has 2 heterocycles. The SMILES string of the molecule is CN1CCC(C(=O)Nc2cccc(C(=O)N3CCCCC3C(=O)O)c2)CC1=O. The molecule has 2 fully saturated rings. The number of hydrogen-bond donors (Lipinski definition) is 2. The summed E-state index contributed by atoms with van der Waals surface area (Å²) >= 11 is 0. The van der Waals surface area contributed by atoms with Crippen LogP contribution in [-0.4, -0.2) is 64.8 Å². The molecule has 2 unspecified atom stereocenters. The molecule has 2 aliphatic heterocycles. The molecule has 8 heteroatoms. The van der Waals surface area contributed by atoms with Crippen molar-refractivity contribution in [1.29, 1.82) is 0 Å². The van der Waals surface area contributed by atoms with Gasteiger partial charge in [-0.05, 0) is 43.9 Å². The van der Waals surface area contributed by atoms with Crippen LogP contribution >= 0.6 is 0 Å². The van der Waals surface area contributed by atoms with Gasteiger partial charge in [0.25, 0.3) is 5.91 Å². The summed E-state index contributed by atoms with van der Waals surface area (Å²) in [4.78, 5) is 51.6. The maximum Gasteiger partial charge on any atom is 0.326 e. The zero-order valence-electron chi connectivity index (χ0n) is 15.9. The summed E-state index contributed by atoms with van der Waals surface area (Å²) in [6, 6.07) is 5.69. The minimum absolute atomic E-state index is 0.0554. The van der Waals surface area contributed by atoms with Crippen molar-refractivity contribution in [1.82, 2.24) is 9.80 Å². The maximum atomic E-state index is 12.8. The molecule has 2 aliphatic rings. The number of anilines is 1. The summed E-state index contributed by atoms with van der Waals surface area (Å²) in [5.74, 6) is -2.03. The van der Waals surface area contributed by atoms with E-state index >= 15 is 0 Å². The molecule has 0 radical (unpaired) electrons. The van der Waals surface area contributed by atoms with Crippen molar-refractivity contribution >= 4 is 29.4 Å². The highest BCUT2D eigenvalue weighted by Gasteiger charge is 2.33. The number of aliphatic carboxylic acids is 1. The molecule has 0 aliphatic carbocycles. The summed E-state index contributed by atoms with van der Waals surface area (Å²) in [5, 5.41) is 12.2. The van der Waals surface area contributed by atoms with Crippen LogP contribution in [0, 0.1) is 5.92 Å². The van der Waals surface area contributed by atoms with Crippen LogP contribution in [-0.2, 0) is 14.4 Å². The van der Waals surface area contributed by atoms with Crippen molar-refractivity contribution in [3.63, 3.8) is 0 Å². The Kier molecular flexibility index (Phi) is 5.96. The van der Waals surface area contributed by atoms with Crippen molar-refractivity contribution < 1.29 is 24.3 Å². The number of nitrogens with zero attached hydrogens (tertiary/aromatic N) is 2. The van der Waals surface area contributed by atoms with Gasteiger partial charge in [0.1, 0.15) is 6.04 Å². The van der Waals surface area contributed by atoms with E-state index in [1.54, 1.807) is 36.2 Å². The van der Waals surface area contributed by atoms with Gasteiger partial charge in [-0.3, -0.25) is 14.4 Å². The molecule has 2 atom stereocenters. The maximum absolute atomic E-state index is 12.8. The second kappa shape index (κ2) is 8.41. The quantitative estimate of drug-likeness (QED) is 0.816. The number of carboxylic acids is 1. The highest BCUT2D eigenvalue weighted by molar-refractivity contribution is 6.00. The predicted octanol–water partition coefficient (Wildman–Crippen LogP) is 1.57. The number of carbonyl (C=O) groups is 4. The van der Waals surface area contributed by atoms with E-state index in [-0.39, 0.29) is 30.1 Å². The van der Waals surface area contributed by atoms with Crippen LogP contribution in [0.5, 0.6) is 0 Å². The number of rotatable bonds is 4. The van der Waals surface area contributed by atoms with Gasteiger partial charge in [0.2, 0.25) is 11.8 Å². The first-order valence-corrected chi connectivity index (χ1v) is 9.55. The Hall–Kier alpha value is -2.90. The van der Waals surface area contributed by atoms with Crippen molar-refractivity contribution in [2.24, 2.45) is 5.92 Å². The second-order valence-electron chi connectivity index (χ2n) is 7.42. The van der Waals surface area contributed by atoms with E-state index < -0.39 is 12.0 Å². The van der Waals surface area contributed by atoms with Crippen molar-refractivity contribution in [2.45, 2.75) is 38.1 Å². The Morgan fingerprint density at radius 1 is 1.14 bits per heavy atom. The van der Waals surface area contributed by atoms with E-state index in [0.717, 1.165) is 12.8 Å². The van der Waals surface area contributed by atoms with Crippen molar-refractivity contribution in [3.05, 3.63) is 29.8 Å². The molecule has 0 aromatic heterocycles. The van der Waals surface area contributed by atoms with Crippen LogP contribution in [0.3, 0.4) is 0 Å². The Morgan fingerprint density at radius 3 is 2.64 bits per heavy atom. The first kappa shape index (κ1) is 19.9. The number of nitrogens with one attached hydrogen (secondary N) is 1. The van der Waals surface area contributed by atoms with E-state index in [1.165, 1.54) is 4.90 Å². The van der Waals surface area contributed by atoms with E-state index in [4.69, 9.17) is 0 Å². The van der Waals surface area contributed by atoms with Crippen LogP contribution in [0.25, 0.3) is 0 Å². The van der Waals surface area contributed by atoms with Crippen LogP contribution < -0.4 is 5.32 Å². The Labute approximate surface area is 163 Å². The summed E-state index contributed by atoms with van der Waals surface area (Å²) < 4.78 is 0. The minimum Gasteiger partial charge on any atom is -0.480 e. The van der Waals surface area contributed by atoms with Gasteiger partial charge in [0.05, 0.1) is 0 Å². The molecule has 1 aromatic rings. The Bertz CT molecular complexity index is 794. The fraction of sp³-hybridized carbons (Fsp3) is 0.500. The number of carboxylic acid groups (broad SMARTS) is 1. The van der Waals surface area contributed by atoms with Gasteiger partial charge >= 0.3 is 5.97 Å². The van der Waals surface area contributed by atoms with Gasteiger partial charge in [0.15, 0.2) is 0 Å². The van der Waals surface area contributed by atoms with E-state index in [0.29, 0.717) is 37.2 Å².